The van der Waals surface area contributed by atoms with Gasteiger partial charge in [0, 0.05) is 43.2 Å². The third-order valence-electron chi connectivity index (χ3n) is 4.24. The van der Waals surface area contributed by atoms with E-state index in [4.69, 9.17) is 4.74 Å². The Morgan fingerprint density at radius 3 is 2.48 bits per heavy atom. The molecule has 1 aliphatic rings. The van der Waals surface area contributed by atoms with Crippen LogP contribution in [-0.2, 0) is 11.2 Å². The first-order valence-corrected chi connectivity index (χ1v) is 8.83. The summed E-state index contributed by atoms with van der Waals surface area (Å²) in [7, 11) is 1.68. The summed E-state index contributed by atoms with van der Waals surface area (Å²) in [6.45, 7) is 3.37. The second kappa shape index (κ2) is 7.51. The van der Waals surface area contributed by atoms with Crippen LogP contribution in [0.5, 0.6) is 5.75 Å². The van der Waals surface area contributed by atoms with Gasteiger partial charge in [0.25, 0.3) is 0 Å². The van der Waals surface area contributed by atoms with E-state index in [-0.39, 0.29) is 5.91 Å². The Labute approximate surface area is 141 Å². The van der Waals surface area contributed by atoms with Gasteiger partial charge in [0.15, 0.2) is 0 Å². The monoisotopic (exact) mass is 330 g/mol. The molecule has 0 atom stereocenters. The van der Waals surface area contributed by atoms with Crippen molar-refractivity contribution in [3.05, 3.63) is 46.7 Å². The van der Waals surface area contributed by atoms with E-state index in [2.05, 4.69) is 28.5 Å². The van der Waals surface area contributed by atoms with Gasteiger partial charge in [-0.05, 0) is 42.1 Å². The molecule has 4 nitrogen and oxygen atoms in total. The number of ether oxygens (including phenoxy) is 1. The Hall–Kier alpha value is -2.01. The smallest absolute Gasteiger partial charge is 0.223 e. The Morgan fingerprint density at radius 1 is 1.13 bits per heavy atom. The van der Waals surface area contributed by atoms with E-state index in [1.807, 2.05) is 23.1 Å². The van der Waals surface area contributed by atoms with Gasteiger partial charge in [0.05, 0.1) is 7.11 Å². The number of carbonyl (C=O) groups excluding carboxylic acids is 1. The van der Waals surface area contributed by atoms with E-state index >= 15 is 0 Å². The number of carbonyl (C=O) groups is 1. The third kappa shape index (κ3) is 4.05. The van der Waals surface area contributed by atoms with Crippen molar-refractivity contribution in [1.82, 2.24) is 4.90 Å². The van der Waals surface area contributed by atoms with E-state index in [9.17, 15) is 4.79 Å². The number of anilines is 1. The quantitative estimate of drug-likeness (QED) is 0.845. The normalized spacial score (nSPS) is 14.8. The lowest BCUT2D eigenvalue weighted by Crippen LogP contribution is -2.48. The van der Waals surface area contributed by atoms with Crippen LogP contribution in [0.15, 0.2) is 41.8 Å². The predicted octanol–water partition coefficient (Wildman–Crippen LogP) is 3.04. The highest BCUT2D eigenvalue weighted by Crippen LogP contribution is 2.21. The van der Waals surface area contributed by atoms with Crippen LogP contribution in [0, 0.1) is 0 Å². The lowest BCUT2D eigenvalue weighted by atomic mass is 10.2. The molecule has 2 aromatic rings. The molecule has 3 rings (SSSR count). The maximum atomic E-state index is 12.3. The molecule has 5 heteroatoms. The fourth-order valence-corrected chi connectivity index (χ4v) is 3.56. The van der Waals surface area contributed by atoms with Crippen molar-refractivity contribution in [2.75, 3.05) is 38.2 Å². The summed E-state index contributed by atoms with van der Waals surface area (Å²) in [5.74, 6) is 1.14. The summed E-state index contributed by atoms with van der Waals surface area (Å²) in [6, 6.07) is 12.2. The van der Waals surface area contributed by atoms with E-state index in [1.165, 1.54) is 10.6 Å². The van der Waals surface area contributed by atoms with Gasteiger partial charge in [0.1, 0.15) is 5.75 Å². The van der Waals surface area contributed by atoms with Crippen LogP contribution >= 0.6 is 11.3 Å². The molecule has 0 radical (unpaired) electrons. The molecular weight excluding hydrogens is 308 g/mol. The zero-order valence-electron chi connectivity index (χ0n) is 13.4. The number of benzene rings is 1. The molecule has 0 spiro atoms. The molecule has 1 aromatic carbocycles. The summed E-state index contributed by atoms with van der Waals surface area (Å²) >= 11 is 1.72. The molecule has 1 amide bonds. The second-order valence-corrected chi connectivity index (χ2v) is 6.68. The van der Waals surface area contributed by atoms with Crippen molar-refractivity contribution in [3.63, 3.8) is 0 Å². The van der Waals surface area contributed by atoms with Gasteiger partial charge >= 0.3 is 0 Å². The first-order chi connectivity index (χ1) is 11.3. The highest BCUT2D eigenvalue weighted by molar-refractivity contribution is 7.09. The molecule has 0 N–H and O–H groups in total. The summed E-state index contributed by atoms with van der Waals surface area (Å²) in [5.41, 5.74) is 1.19. The minimum absolute atomic E-state index is 0.271. The van der Waals surface area contributed by atoms with Crippen LogP contribution in [0.2, 0.25) is 0 Å². The standard InChI is InChI=1S/C18H22N2O2S/c1-22-16-6-4-15(5-7-16)19-10-12-20(13-11-19)18(21)9-8-17-3-2-14-23-17/h2-7,14H,8-13H2,1H3. The van der Waals surface area contributed by atoms with E-state index in [0.717, 1.165) is 38.3 Å². The summed E-state index contributed by atoms with van der Waals surface area (Å²) in [5, 5.41) is 2.06. The first-order valence-electron chi connectivity index (χ1n) is 7.95. The highest BCUT2D eigenvalue weighted by atomic mass is 32.1. The highest BCUT2D eigenvalue weighted by Gasteiger charge is 2.21. The van der Waals surface area contributed by atoms with Gasteiger partial charge in [-0.1, -0.05) is 6.07 Å². The van der Waals surface area contributed by atoms with Crippen LogP contribution in [0.4, 0.5) is 5.69 Å². The lowest BCUT2D eigenvalue weighted by molar-refractivity contribution is -0.131. The topological polar surface area (TPSA) is 32.8 Å². The number of hydrogen-bond donors (Lipinski definition) is 0. The fraction of sp³-hybridized carbons (Fsp3) is 0.389. The van der Waals surface area contributed by atoms with Crippen LogP contribution in [0.3, 0.4) is 0 Å². The van der Waals surface area contributed by atoms with Crippen molar-refractivity contribution >= 4 is 22.9 Å². The van der Waals surface area contributed by atoms with Gasteiger partial charge in [-0.3, -0.25) is 4.79 Å². The van der Waals surface area contributed by atoms with Crippen LogP contribution in [0.25, 0.3) is 0 Å². The Bertz CT molecular complexity index is 617. The number of rotatable bonds is 5. The lowest BCUT2D eigenvalue weighted by Gasteiger charge is -2.36. The molecule has 1 aliphatic heterocycles. The molecule has 1 aromatic heterocycles. The first kappa shape index (κ1) is 15.9. The van der Waals surface area contributed by atoms with Gasteiger partial charge in [-0.2, -0.15) is 0 Å². The zero-order chi connectivity index (χ0) is 16.1. The third-order valence-corrected chi connectivity index (χ3v) is 5.17. The van der Waals surface area contributed by atoms with Crippen molar-refractivity contribution < 1.29 is 9.53 Å². The molecule has 2 heterocycles. The molecule has 1 saturated heterocycles. The molecule has 0 unspecified atom stereocenters. The number of piperazine rings is 1. The molecule has 1 fully saturated rings. The minimum atomic E-state index is 0.271. The van der Waals surface area contributed by atoms with Crippen molar-refractivity contribution in [1.29, 1.82) is 0 Å². The molecule has 122 valence electrons. The number of aryl methyl sites for hydroxylation is 1. The average Bonchev–Trinajstić information content (AvgIpc) is 3.13. The van der Waals surface area contributed by atoms with Gasteiger partial charge in [-0.15, -0.1) is 11.3 Å². The second-order valence-electron chi connectivity index (χ2n) is 5.65. The van der Waals surface area contributed by atoms with Crippen molar-refractivity contribution in [3.8, 4) is 5.75 Å². The van der Waals surface area contributed by atoms with Crippen molar-refractivity contribution in [2.45, 2.75) is 12.8 Å². The Morgan fingerprint density at radius 2 is 1.87 bits per heavy atom. The number of thiophene rings is 1. The van der Waals surface area contributed by atoms with Gasteiger partial charge in [0.2, 0.25) is 5.91 Å². The fourth-order valence-electron chi connectivity index (χ4n) is 2.85. The van der Waals surface area contributed by atoms with E-state index < -0.39 is 0 Å². The molecule has 0 aliphatic carbocycles. The maximum Gasteiger partial charge on any atom is 0.223 e. The predicted molar refractivity (Wildman–Crippen MR) is 94.4 cm³/mol. The van der Waals surface area contributed by atoms with Crippen molar-refractivity contribution in [2.24, 2.45) is 0 Å². The summed E-state index contributed by atoms with van der Waals surface area (Å²) in [6.07, 6.45) is 1.47. The molecule has 0 saturated carbocycles. The average molecular weight is 330 g/mol. The summed E-state index contributed by atoms with van der Waals surface area (Å²) in [4.78, 5) is 17.9. The molecule has 0 bridgehead atoms. The van der Waals surface area contributed by atoms with Crippen LogP contribution in [-0.4, -0.2) is 44.1 Å². The SMILES string of the molecule is COc1ccc(N2CCN(C(=O)CCc3cccs3)CC2)cc1. The van der Waals surface area contributed by atoms with E-state index in [1.54, 1.807) is 18.4 Å². The molecule has 23 heavy (non-hydrogen) atoms. The zero-order valence-corrected chi connectivity index (χ0v) is 14.2. The van der Waals surface area contributed by atoms with Gasteiger partial charge in [-0.25, -0.2) is 0 Å². The summed E-state index contributed by atoms with van der Waals surface area (Å²) < 4.78 is 5.19. The maximum absolute atomic E-state index is 12.3. The largest absolute Gasteiger partial charge is 0.497 e. The van der Waals surface area contributed by atoms with E-state index in [0.29, 0.717) is 6.42 Å². The van der Waals surface area contributed by atoms with Crippen LogP contribution < -0.4 is 9.64 Å². The molecular formula is C18H22N2O2S. The Balaban J connectivity index is 1.48. The Kier molecular flexibility index (Phi) is 5.18. The van der Waals surface area contributed by atoms with Crippen LogP contribution in [0.1, 0.15) is 11.3 Å². The van der Waals surface area contributed by atoms with Gasteiger partial charge < -0.3 is 14.5 Å². The minimum Gasteiger partial charge on any atom is -0.497 e. The number of hydrogen-bond acceptors (Lipinski definition) is 4. The number of amides is 1. The number of methoxy groups -OCH3 is 1. The number of nitrogens with zero attached hydrogens (tertiary/aromatic N) is 2.